The molecule has 3 rings (SSSR count). The number of carbonyl (C=O) groups excluding carboxylic acids is 7. The van der Waals surface area contributed by atoms with Crippen LogP contribution in [0, 0.1) is 5.92 Å². The number of rotatable bonds is 13. The van der Waals surface area contributed by atoms with Gasteiger partial charge in [-0.05, 0) is 68.6 Å². The van der Waals surface area contributed by atoms with Gasteiger partial charge in [-0.2, -0.15) is 0 Å². The Morgan fingerprint density at radius 1 is 0.803 bits per heavy atom. The van der Waals surface area contributed by atoms with Gasteiger partial charge in [0.2, 0.25) is 41.4 Å². The standard InChI is InChI=1S/C40H63N17O9/c1-21(2)16-29-37(65)52-27(7-5-14-47-39(43)44)35(63)48-19-31(58)50-28(12-13-32(59)60)36(64)54-30(17-22-8-10-23(11-9-22)49-40(45)46)38(66)51-26(33(42)61)6-3-4-15-57-20-24(55-56-57)18-25(41)34(62)53-29/h8-11,20-21,25-30H,3-7,12-19,41H2,1-2H3,(H2,42,61)(H,48,63)(H,50,58)(H,51,66)(H,52,65)(H,53,62)(H,54,64)(H,59,60)(H4,43,44,47)(H4,45,46,49). The summed E-state index contributed by atoms with van der Waals surface area (Å²) in [5.74, 6) is -7.57. The third kappa shape index (κ3) is 19.2. The summed E-state index contributed by atoms with van der Waals surface area (Å²) in [7, 11) is 0. The number of hydrogen-bond acceptors (Lipinski definition) is 13. The Labute approximate surface area is 380 Å². The largest absolute Gasteiger partial charge is 0.481 e. The van der Waals surface area contributed by atoms with Crippen LogP contribution < -0.4 is 66.3 Å². The Morgan fingerprint density at radius 3 is 2.08 bits per heavy atom. The average molecular weight is 926 g/mol. The van der Waals surface area contributed by atoms with Crippen molar-refractivity contribution >= 4 is 64.9 Å². The van der Waals surface area contributed by atoms with Crippen LogP contribution in [0.2, 0.25) is 0 Å². The molecule has 0 saturated carbocycles. The molecular formula is C40H63N17O9. The van der Waals surface area contributed by atoms with E-state index >= 15 is 0 Å². The van der Waals surface area contributed by atoms with E-state index in [1.54, 1.807) is 30.5 Å². The summed E-state index contributed by atoms with van der Waals surface area (Å²) in [4.78, 5) is 114. The van der Waals surface area contributed by atoms with Crippen molar-refractivity contribution in [2.24, 2.45) is 50.3 Å². The highest BCUT2D eigenvalue weighted by atomic mass is 16.4. The molecule has 2 aromatic rings. The predicted octanol–water partition coefficient (Wildman–Crippen LogP) is -4.53. The summed E-state index contributed by atoms with van der Waals surface area (Å²) < 4.78 is 1.52. The van der Waals surface area contributed by atoms with Crippen molar-refractivity contribution in [3.63, 3.8) is 0 Å². The van der Waals surface area contributed by atoms with Crippen molar-refractivity contribution < 1.29 is 43.5 Å². The number of guanidine groups is 2. The maximum Gasteiger partial charge on any atom is 0.303 e. The first-order valence-corrected chi connectivity index (χ1v) is 21.4. The van der Waals surface area contributed by atoms with Crippen LogP contribution in [0.1, 0.15) is 76.5 Å². The lowest BCUT2D eigenvalue weighted by atomic mass is 10.0. The molecule has 19 N–H and O–H groups in total. The molecule has 0 spiro atoms. The van der Waals surface area contributed by atoms with E-state index in [4.69, 9.17) is 34.4 Å². The number of aliphatic imine (C=N–C) groups is 2. The molecule has 0 saturated heterocycles. The fraction of sp³-hybridized carbons (Fsp3) is 0.550. The molecule has 6 unspecified atom stereocenters. The van der Waals surface area contributed by atoms with Crippen LogP contribution in [0.15, 0.2) is 40.4 Å². The maximum atomic E-state index is 13.9. The van der Waals surface area contributed by atoms with Gasteiger partial charge in [-0.15, -0.1) is 5.10 Å². The number of aliphatic carboxylic acids is 1. The minimum absolute atomic E-state index is 0.0196. The number of nitrogens with one attached hydrogen (secondary N) is 6. The normalized spacial score (nSPS) is 22.2. The molecule has 1 aromatic carbocycles. The van der Waals surface area contributed by atoms with E-state index in [9.17, 15) is 43.5 Å². The molecule has 362 valence electrons. The van der Waals surface area contributed by atoms with Crippen LogP contribution in [-0.4, -0.2) is 129 Å². The topological polar surface area (TPSA) is 441 Å². The summed E-state index contributed by atoms with van der Waals surface area (Å²) in [5, 5.41) is 33.0. The fourth-order valence-electron chi connectivity index (χ4n) is 6.71. The molecule has 1 aliphatic rings. The predicted molar refractivity (Wildman–Crippen MR) is 239 cm³/mol. The first-order chi connectivity index (χ1) is 31.2. The smallest absolute Gasteiger partial charge is 0.303 e. The number of carbonyl (C=O) groups is 8. The molecule has 26 heteroatoms. The van der Waals surface area contributed by atoms with Gasteiger partial charge < -0.3 is 71.4 Å². The number of aromatic nitrogens is 3. The number of hydrogen-bond donors (Lipinski definition) is 13. The Kier molecular flexibility index (Phi) is 21.2. The van der Waals surface area contributed by atoms with Crippen LogP contribution in [0.25, 0.3) is 0 Å². The van der Waals surface area contributed by atoms with Crippen molar-refractivity contribution in [3.8, 4) is 0 Å². The zero-order valence-corrected chi connectivity index (χ0v) is 37.0. The molecule has 7 amide bonds. The number of aryl methyl sites for hydroxylation is 1. The minimum atomic E-state index is -1.54. The number of carboxylic acid groups (broad SMARTS) is 1. The van der Waals surface area contributed by atoms with Gasteiger partial charge in [0.25, 0.3) is 0 Å². The van der Waals surface area contributed by atoms with Crippen molar-refractivity contribution in [1.29, 1.82) is 0 Å². The average Bonchev–Trinajstić information content (AvgIpc) is 3.69. The number of carboxylic acids is 1. The summed E-state index contributed by atoms with van der Waals surface area (Å²) in [6, 6.07) is -1.39. The van der Waals surface area contributed by atoms with Gasteiger partial charge in [0.05, 0.1) is 24.0 Å². The maximum absolute atomic E-state index is 13.9. The molecular weight excluding hydrogens is 863 g/mol. The van der Waals surface area contributed by atoms with E-state index < -0.39 is 103 Å². The second kappa shape index (κ2) is 26.4. The number of nitrogens with zero attached hydrogens (tertiary/aromatic N) is 5. The van der Waals surface area contributed by atoms with Crippen LogP contribution in [-0.2, 0) is 57.7 Å². The molecule has 1 aliphatic heterocycles. The Bertz CT molecular complexity index is 2070. The van der Waals surface area contributed by atoms with Crippen LogP contribution in [0.3, 0.4) is 0 Å². The molecule has 26 nitrogen and oxygen atoms in total. The first kappa shape index (κ1) is 53.0. The Hall–Kier alpha value is -7.38. The number of fused-ring (bicyclic) bond motifs is 2. The third-order valence-corrected chi connectivity index (χ3v) is 10.0. The lowest BCUT2D eigenvalue weighted by molar-refractivity contribution is -0.138. The monoisotopic (exact) mass is 925 g/mol. The molecule has 6 atom stereocenters. The van der Waals surface area contributed by atoms with Gasteiger partial charge in [-0.3, -0.25) is 48.0 Å². The third-order valence-electron chi connectivity index (χ3n) is 10.0. The van der Waals surface area contributed by atoms with Gasteiger partial charge in [0.1, 0.15) is 30.2 Å². The number of amides is 7. The van der Waals surface area contributed by atoms with Crippen molar-refractivity contribution in [2.45, 2.75) is 121 Å². The van der Waals surface area contributed by atoms with E-state index in [2.05, 4.69) is 52.2 Å². The molecule has 1 aromatic heterocycles. The fourth-order valence-corrected chi connectivity index (χ4v) is 6.71. The lowest BCUT2D eigenvalue weighted by Crippen LogP contribution is -2.58. The second-order valence-electron chi connectivity index (χ2n) is 16.2. The highest BCUT2D eigenvalue weighted by Crippen LogP contribution is 2.15. The molecule has 66 heavy (non-hydrogen) atoms. The van der Waals surface area contributed by atoms with Crippen LogP contribution in [0.4, 0.5) is 5.69 Å². The number of nitrogens with two attached hydrogens (primary N) is 6. The van der Waals surface area contributed by atoms with Crippen molar-refractivity contribution in [3.05, 3.63) is 41.7 Å². The zero-order valence-electron chi connectivity index (χ0n) is 37.0. The lowest BCUT2D eigenvalue weighted by Gasteiger charge is -2.26. The molecule has 2 heterocycles. The molecule has 2 bridgehead atoms. The van der Waals surface area contributed by atoms with Gasteiger partial charge in [0, 0.05) is 38.5 Å². The highest BCUT2D eigenvalue weighted by Gasteiger charge is 2.32. The van der Waals surface area contributed by atoms with E-state index in [-0.39, 0.29) is 62.9 Å². The van der Waals surface area contributed by atoms with Crippen LogP contribution >= 0.6 is 0 Å². The van der Waals surface area contributed by atoms with Crippen molar-refractivity contribution in [1.82, 2.24) is 46.9 Å². The quantitative estimate of drug-likeness (QED) is 0.0511. The van der Waals surface area contributed by atoms with Gasteiger partial charge in [-0.25, -0.2) is 4.99 Å². The van der Waals surface area contributed by atoms with E-state index in [0.29, 0.717) is 36.3 Å². The van der Waals surface area contributed by atoms with E-state index in [0.717, 1.165) is 0 Å². The molecule has 0 fully saturated rings. The van der Waals surface area contributed by atoms with Gasteiger partial charge in [0.15, 0.2) is 11.9 Å². The molecule has 0 aliphatic carbocycles. The SMILES string of the molecule is CC(C)CC1NC(=O)C(N)Cc2cn(nn2)CCCCC(C(N)=O)NC(=O)C(Cc2ccc(N=C(N)N)cc2)NC(=O)C(CCC(=O)O)NC(=O)CNC(=O)C(CCCN=C(N)N)NC1=O. The summed E-state index contributed by atoms with van der Waals surface area (Å²) >= 11 is 0. The summed E-state index contributed by atoms with van der Waals surface area (Å²) in [6.45, 7) is 3.32. The van der Waals surface area contributed by atoms with Gasteiger partial charge in [-0.1, -0.05) is 31.2 Å². The Morgan fingerprint density at radius 2 is 1.44 bits per heavy atom. The van der Waals surface area contributed by atoms with Gasteiger partial charge >= 0.3 is 5.97 Å². The van der Waals surface area contributed by atoms with E-state index in [1.807, 2.05) is 13.8 Å². The number of benzene rings is 1. The van der Waals surface area contributed by atoms with E-state index in [1.165, 1.54) is 4.68 Å². The Balaban J connectivity index is 1.99. The molecule has 0 radical (unpaired) electrons. The van der Waals surface area contributed by atoms with Crippen molar-refractivity contribution in [2.75, 3.05) is 13.1 Å². The second-order valence-corrected chi connectivity index (χ2v) is 16.2. The minimum Gasteiger partial charge on any atom is -0.481 e. The summed E-state index contributed by atoms with van der Waals surface area (Å²) in [5.41, 5.74) is 35.1. The zero-order chi connectivity index (χ0) is 48.9. The summed E-state index contributed by atoms with van der Waals surface area (Å²) in [6.07, 6.45) is 1.62. The number of primary amides is 1. The van der Waals surface area contributed by atoms with Crippen LogP contribution in [0.5, 0.6) is 0 Å². The highest BCUT2D eigenvalue weighted by molar-refractivity contribution is 5.96. The first-order valence-electron chi connectivity index (χ1n) is 21.4.